The normalized spacial score (nSPS) is 12.2. The Kier molecular flexibility index (Phi) is 3.30. The summed E-state index contributed by atoms with van der Waals surface area (Å²) in [6, 6.07) is 11.8. The van der Waals surface area contributed by atoms with E-state index in [2.05, 4.69) is 5.10 Å². The van der Waals surface area contributed by atoms with Gasteiger partial charge in [-0.3, -0.25) is 10.1 Å². The Balaban J connectivity index is 2.20. The highest BCUT2D eigenvalue weighted by Crippen LogP contribution is 2.26. The number of nitro groups is 1. The highest BCUT2D eigenvalue weighted by atomic mass is 16.6. The lowest BCUT2D eigenvalue weighted by molar-refractivity contribution is -0.384. The zero-order chi connectivity index (χ0) is 15.7. The molecule has 0 fully saturated rings. The summed E-state index contributed by atoms with van der Waals surface area (Å²) < 4.78 is 1.29. The molecule has 1 unspecified atom stereocenters. The molecular weight excluding hydrogens is 286 g/mol. The van der Waals surface area contributed by atoms with E-state index in [9.17, 15) is 20.0 Å². The van der Waals surface area contributed by atoms with Gasteiger partial charge >= 0.3 is 5.97 Å². The molecule has 3 rings (SSSR count). The van der Waals surface area contributed by atoms with E-state index in [1.165, 1.54) is 23.0 Å². The van der Waals surface area contributed by atoms with Crippen molar-refractivity contribution < 1.29 is 14.8 Å². The van der Waals surface area contributed by atoms with Gasteiger partial charge in [0, 0.05) is 17.5 Å². The van der Waals surface area contributed by atoms with Crippen molar-refractivity contribution in [2.75, 3.05) is 0 Å². The summed E-state index contributed by atoms with van der Waals surface area (Å²) in [5.41, 5.74) is 0.850. The Hall–Kier alpha value is -3.22. The number of carboxylic acids is 1. The van der Waals surface area contributed by atoms with Crippen LogP contribution in [0.1, 0.15) is 11.6 Å². The second-order valence-electron chi connectivity index (χ2n) is 4.74. The lowest BCUT2D eigenvalue weighted by Crippen LogP contribution is -2.21. The zero-order valence-electron chi connectivity index (χ0n) is 11.3. The van der Waals surface area contributed by atoms with Crippen LogP contribution in [0.25, 0.3) is 10.9 Å². The summed E-state index contributed by atoms with van der Waals surface area (Å²) in [7, 11) is 0. The van der Waals surface area contributed by atoms with Crippen LogP contribution in [-0.4, -0.2) is 25.8 Å². The van der Waals surface area contributed by atoms with E-state index >= 15 is 0 Å². The molecule has 0 saturated carbocycles. The van der Waals surface area contributed by atoms with Crippen LogP contribution in [0.2, 0.25) is 0 Å². The SMILES string of the molecule is O=C(O)C(c1ccccc1)n1ncc2ccc([N+](=O)[O-])cc21. The van der Waals surface area contributed by atoms with Gasteiger partial charge in [0.15, 0.2) is 6.04 Å². The number of non-ortho nitro benzene ring substituents is 1. The van der Waals surface area contributed by atoms with Gasteiger partial charge in [0.2, 0.25) is 0 Å². The molecule has 1 atom stereocenters. The van der Waals surface area contributed by atoms with Gasteiger partial charge in [-0.1, -0.05) is 30.3 Å². The van der Waals surface area contributed by atoms with E-state index < -0.39 is 16.9 Å². The summed E-state index contributed by atoms with van der Waals surface area (Å²) in [6.07, 6.45) is 1.50. The number of rotatable bonds is 4. The lowest BCUT2D eigenvalue weighted by Gasteiger charge is -2.14. The number of fused-ring (bicyclic) bond motifs is 1. The Morgan fingerprint density at radius 3 is 2.59 bits per heavy atom. The second kappa shape index (κ2) is 5.28. The van der Waals surface area contributed by atoms with E-state index in [1.807, 2.05) is 0 Å². The summed E-state index contributed by atoms with van der Waals surface area (Å²) in [6.45, 7) is 0. The summed E-state index contributed by atoms with van der Waals surface area (Å²) >= 11 is 0. The molecule has 3 aromatic rings. The first-order valence-electron chi connectivity index (χ1n) is 6.47. The van der Waals surface area contributed by atoms with Crippen molar-refractivity contribution in [2.45, 2.75) is 6.04 Å². The maximum absolute atomic E-state index is 11.7. The fourth-order valence-corrected chi connectivity index (χ4v) is 2.37. The van der Waals surface area contributed by atoms with Gasteiger partial charge in [0.1, 0.15) is 0 Å². The molecule has 22 heavy (non-hydrogen) atoms. The second-order valence-corrected chi connectivity index (χ2v) is 4.74. The fourth-order valence-electron chi connectivity index (χ4n) is 2.37. The minimum absolute atomic E-state index is 0.105. The molecule has 0 aliphatic heterocycles. The molecule has 1 N–H and O–H groups in total. The van der Waals surface area contributed by atoms with Crippen molar-refractivity contribution in [2.24, 2.45) is 0 Å². The molecule has 0 saturated heterocycles. The Bertz CT molecular complexity index is 858. The number of hydrogen-bond acceptors (Lipinski definition) is 4. The monoisotopic (exact) mass is 297 g/mol. The average Bonchev–Trinajstić information content (AvgIpc) is 2.91. The Labute approximate surface area is 124 Å². The molecule has 0 aliphatic carbocycles. The number of carbonyl (C=O) groups is 1. The van der Waals surface area contributed by atoms with E-state index in [1.54, 1.807) is 36.4 Å². The highest BCUT2D eigenvalue weighted by molar-refractivity contribution is 5.84. The first kappa shape index (κ1) is 13.7. The third-order valence-corrected chi connectivity index (χ3v) is 3.39. The van der Waals surface area contributed by atoms with Crippen LogP contribution < -0.4 is 0 Å². The van der Waals surface area contributed by atoms with E-state index in [0.717, 1.165) is 0 Å². The third kappa shape index (κ3) is 2.28. The molecule has 0 spiro atoms. The smallest absolute Gasteiger partial charge is 0.333 e. The van der Waals surface area contributed by atoms with Crippen LogP contribution in [0.3, 0.4) is 0 Å². The van der Waals surface area contributed by atoms with Gasteiger partial charge in [0.05, 0.1) is 16.6 Å². The van der Waals surface area contributed by atoms with Gasteiger partial charge in [-0.25, -0.2) is 9.48 Å². The van der Waals surface area contributed by atoms with Crippen molar-refractivity contribution in [1.29, 1.82) is 0 Å². The van der Waals surface area contributed by atoms with Gasteiger partial charge < -0.3 is 5.11 Å². The highest BCUT2D eigenvalue weighted by Gasteiger charge is 2.25. The number of aliphatic carboxylic acids is 1. The van der Waals surface area contributed by atoms with E-state index in [0.29, 0.717) is 16.5 Å². The van der Waals surface area contributed by atoms with Crippen molar-refractivity contribution in [3.8, 4) is 0 Å². The van der Waals surface area contributed by atoms with Crippen LogP contribution in [0.4, 0.5) is 5.69 Å². The number of aromatic nitrogens is 2. The average molecular weight is 297 g/mol. The lowest BCUT2D eigenvalue weighted by atomic mass is 10.1. The first-order chi connectivity index (χ1) is 10.6. The van der Waals surface area contributed by atoms with Gasteiger partial charge in [-0.15, -0.1) is 0 Å². The minimum atomic E-state index is -1.08. The number of nitro benzene ring substituents is 1. The third-order valence-electron chi connectivity index (χ3n) is 3.39. The van der Waals surface area contributed by atoms with Crippen molar-refractivity contribution in [3.05, 3.63) is 70.4 Å². The van der Waals surface area contributed by atoms with Gasteiger partial charge in [-0.2, -0.15) is 5.10 Å². The molecule has 0 radical (unpaired) electrons. The quantitative estimate of drug-likeness (QED) is 0.589. The summed E-state index contributed by atoms with van der Waals surface area (Å²) in [5, 5.41) is 25.2. The molecule has 7 heteroatoms. The Morgan fingerprint density at radius 1 is 1.23 bits per heavy atom. The maximum Gasteiger partial charge on any atom is 0.333 e. The Morgan fingerprint density at radius 2 is 1.95 bits per heavy atom. The van der Waals surface area contributed by atoms with E-state index in [-0.39, 0.29) is 5.69 Å². The van der Waals surface area contributed by atoms with E-state index in [4.69, 9.17) is 0 Å². The fraction of sp³-hybridized carbons (Fsp3) is 0.0667. The van der Waals surface area contributed by atoms with Gasteiger partial charge in [0.25, 0.3) is 5.69 Å². The largest absolute Gasteiger partial charge is 0.479 e. The van der Waals surface area contributed by atoms with Crippen molar-refractivity contribution in [3.63, 3.8) is 0 Å². The molecular formula is C15H11N3O4. The molecule has 1 aromatic heterocycles. The standard InChI is InChI=1S/C15H11N3O4/c19-15(20)14(10-4-2-1-3-5-10)17-13-8-12(18(21)22)7-6-11(13)9-16-17/h1-9,14H,(H,19,20). The summed E-state index contributed by atoms with van der Waals surface area (Å²) in [5.74, 6) is -1.08. The number of carboxylic acid groups (broad SMARTS) is 1. The molecule has 0 bridgehead atoms. The molecule has 1 heterocycles. The maximum atomic E-state index is 11.7. The minimum Gasteiger partial charge on any atom is -0.479 e. The number of nitrogens with zero attached hydrogens (tertiary/aromatic N) is 3. The molecule has 0 amide bonds. The van der Waals surface area contributed by atoms with Crippen LogP contribution in [0.5, 0.6) is 0 Å². The van der Waals surface area contributed by atoms with Crippen LogP contribution in [-0.2, 0) is 4.79 Å². The van der Waals surface area contributed by atoms with Crippen LogP contribution >= 0.6 is 0 Å². The van der Waals surface area contributed by atoms with Gasteiger partial charge in [-0.05, 0) is 11.6 Å². The first-order valence-corrected chi connectivity index (χ1v) is 6.47. The van der Waals surface area contributed by atoms with Crippen molar-refractivity contribution >= 4 is 22.6 Å². The molecule has 110 valence electrons. The predicted octanol–water partition coefficient (Wildman–Crippen LogP) is 2.62. The van der Waals surface area contributed by atoms with Crippen LogP contribution in [0, 0.1) is 10.1 Å². The number of benzene rings is 2. The predicted molar refractivity (Wildman–Crippen MR) is 78.6 cm³/mol. The number of hydrogen-bond donors (Lipinski definition) is 1. The zero-order valence-corrected chi connectivity index (χ0v) is 11.3. The summed E-state index contributed by atoms with van der Waals surface area (Å²) in [4.78, 5) is 22.1. The molecule has 2 aromatic carbocycles. The molecule has 0 aliphatic rings. The van der Waals surface area contributed by atoms with Crippen molar-refractivity contribution in [1.82, 2.24) is 9.78 Å². The topological polar surface area (TPSA) is 98.3 Å². The van der Waals surface area contributed by atoms with Crippen LogP contribution in [0.15, 0.2) is 54.7 Å². The molecule has 7 nitrogen and oxygen atoms in total.